The van der Waals surface area contributed by atoms with Crippen molar-refractivity contribution in [3.05, 3.63) is 71.3 Å². The molecule has 1 fully saturated rings. The van der Waals surface area contributed by atoms with Crippen LogP contribution in [0.3, 0.4) is 0 Å². The maximum atomic E-state index is 5.98. The molecule has 2 aromatic rings. The lowest BCUT2D eigenvalue weighted by atomic mass is 10.1. The summed E-state index contributed by atoms with van der Waals surface area (Å²) in [6.45, 7) is 3.89. The van der Waals surface area contributed by atoms with Crippen LogP contribution in [0.15, 0.2) is 59.6 Å². The van der Waals surface area contributed by atoms with Crippen molar-refractivity contribution in [2.24, 2.45) is 4.99 Å². The van der Waals surface area contributed by atoms with Gasteiger partial charge >= 0.3 is 0 Å². The molecule has 0 aliphatic carbocycles. The first-order chi connectivity index (χ1) is 13.8. The van der Waals surface area contributed by atoms with E-state index in [0.717, 1.165) is 51.5 Å². The van der Waals surface area contributed by atoms with E-state index >= 15 is 0 Å². The number of benzene rings is 2. The van der Waals surface area contributed by atoms with Crippen molar-refractivity contribution in [3.63, 3.8) is 0 Å². The topological polar surface area (TPSA) is 54.9 Å². The van der Waals surface area contributed by atoms with Gasteiger partial charge < -0.3 is 20.1 Å². The van der Waals surface area contributed by atoms with Gasteiger partial charge in [0.25, 0.3) is 0 Å². The molecule has 1 aliphatic rings. The van der Waals surface area contributed by atoms with E-state index < -0.39 is 0 Å². The van der Waals surface area contributed by atoms with Crippen LogP contribution in [0, 0.1) is 0 Å². The minimum atomic E-state index is 0.334. The zero-order valence-electron chi connectivity index (χ0n) is 16.7. The number of nitrogens with one attached hydrogen (secondary N) is 2. The van der Waals surface area contributed by atoms with Crippen LogP contribution in [-0.2, 0) is 29.0 Å². The van der Waals surface area contributed by atoms with Gasteiger partial charge in [-0.3, -0.25) is 4.99 Å². The SMILES string of the molecule is CN=C(NCCc1ccccc1)NCc1ccc(COC2CCOCC2)cc1. The van der Waals surface area contributed by atoms with Crippen LogP contribution in [0.1, 0.15) is 29.5 Å². The molecule has 28 heavy (non-hydrogen) atoms. The number of hydrogen-bond acceptors (Lipinski definition) is 3. The minimum absolute atomic E-state index is 0.334. The molecule has 0 spiro atoms. The van der Waals surface area contributed by atoms with Crippen LogP contribution in [0.4, 0.5) is 0 Å². The Morgan fingerprint density at radius 3 is 2.39 bits per heavy atom. The predicted octanol–water partition coefficient (Wildman–Crippen LogP) is 3.29. The maximum absolute atomic E-state index is 5.98. The van der Waals surface area contributed by atoms with E-state index in [1.165, 1.54) is 16.7 Å². The van der Waals surface area contributed by atoms with Gasteiger partial charge in [0.15, 0.2) is 5.96 Å². The van der Waals surface area contributed by atoms with Crippen molar-refractivity contribution in [1.82, 2.24) is 10.6 Å². The Morgan fingerprint density at radius 2 is 1.68 bits per heavy atom. The third-order valence-electron chi connectivity index (χ3n) is 4.91. The predicted molar refractivity (Wildman–Crippen MR) is 113 cm³/mol. The molecule has 0 unspecified atom stereocenters. The van der Waals surface area contributed by atoms with Gasteiger partial charge in [-0.25, -0.2) is 0 Å². The molecule has 3 rings (SSSR count). The van der Waals surface area contributed by atoms with Crippen molar-refractivity contribution in [2.45, 2.75) is 38.5 Å². The van der Waals surface area contributed by atoms with Gasteiger partial charge in [-0.1, -0.05) is 54.6 Å². The molecular weight excluding hydrogens is 350 g/mol. The largest absolute Gasteiger partial charge is 0.381 e. The van der Waals surface area contributed by atoms with Gasteiger partial charge in [-0.05, 0) is 36.0 Å². The van der Waals surface area contributed by atoms with Crippen LogP contribution in [-0.4, -0.2) is 38.9 Å². The van der Waals surface area contributed by atoms with Gasteiger partial charge in [0, 0.05) is 33.4 Å². The summed E-state index contributed by atoms with van der Waals surface area (Å²) < 4.78 is 11.3. The van der Waals surface area contributed by atoms with Crippen molar-refractivity contribution in [3.8, 4) is 0 Å². The van der Waals surface area contributed by atoms with E-state index in [2.05, 4.69) is 64.2 Å². The third-order valence-corrected chi connectivity index (χ3v) is 4.91. The molecule has 0 amide bonds. The quantitative estimate of drug-likeness (QED) is 0.544. The highest BCUT2D eigenvalue weighted by atomic mass is 16.5. The molecule has 2 aromatic carbocycles. The molecule has 0 aromatic heterocycles. The summed E-state index contributed by atoms with van der Waals surface area (Å²) in [7, 11) is 1.80. The Morgan fingerprint density at radius 1 is 0.964 bits per heavy atom. The lowest BCUT2D eigenvalue weighted by Gasteiger charge is -2.22. The second-order valence-corrected chi connectivity index (χ2v) is 7.03. The molecule has 5 heteroatoms. The fourth-order valence-corrected chi connectivity index (χ4v) is 3.19. The Labute approximate surface area is 168 Å². The van der Waals surface area contributed by atoms with Crippen molar-refractivity contribution >= 4 is 5.96 Å². The van der Waals surface area contributed by atoms with E-state index in [4.69, 9.17) is 9.47 Å². The van der Waals surface area contributed by atoms with Crippen LogP contribution < -0.4 is 10.6 Å². The van der Waals surface area contributed by atoms with Gasteiger partial charge in [0.2, 0.25) is 0 Å². The lowest BCUT2D eigenvalue weighted by Crippen LogP contribution is -2.37. The van der Waals surface area contributed by atoms with Crippen molar-refractivity contribution in [2.75, 3.05) is 26.8 Å². The number of aliphatic imine (C=N–C) groups is 1. The standard InChI is InChI=1S/C23H31N3O2/c1-24-23(25-14-11-19-5-3-2-4-6-19)26-17-20-7-9-21(10-8-20)18-28-22-12-15-27-16-13-22/h2-10,22H,11-18H2,1H3,(H2,24,25,26). The minimum Gasteiger partial charge on any atom is -0.381 e. The summed E-state index contributed by atoms with van der Waals surface area (Å²) >= 11 is 0. The summed E-state index contributed by atoms with van der Waals surface area (Å²) in [6.07, 6.45) is 3.31. The summed E-state index contributed by atoms with van der Waals surface area (Å²) in [4.78, 5) is 4.30. The molecule has 150 valence electrons. The van der Waals surface area contributed by atoms with E-state index in [1.807, 2.05) is 6.07 Å². The molecule has 0 atom stereocenters. The zero-order valence-corrected chi connectivity index (χ0v) is 16.7. The maximum Gasteiger partial charge on any atom is 0.191 e. The van der Waals surface area contributed by atoms with Crippen LogP contribution in [0.25, 0.3) is 0 Å². The lowest BCUT2D eigenvalue weighted by molar-refractivity contribution is -0.0390. The fraction of sp³-hybridized carbons (Fsp3) is 0.435. The molecule has 2 N–H and O–H groups in total. The molecule has 5 nitrogen and oxygen atoms in total. The van der Waals surface area contributed by atoms with Crippen molar-refractivity contribution in [1.29, 1.82) is 0 Å². The van der Waals surface area contributed by atoms with Gasteiger partial charge in [-0.15, -0.1) is 0 Å². The number of ether oxygens (including phenoxy) is 2. The highest BCUT2D eigenvalue weighted by Crippen LogP contribution is 2.14. The van der Waals surface area contributed by atoms with Crippen molar-refractivity contribution < 1.29 is 9.47 Å². The number of rotatable bonds is 8. The fourth-order valence-electron chi connectivity index (χ4n) is 3.19. The summed E-state index contributed by atoms with van der Waals surface area (Å²) in [5.41, 5.74) is 3.76. The van der Waals surface area contributed by atoms with E-state index in [0.29, 0.717) is 12.7 Å². The molecular formula is C23H31N3O2. The number of nitrogens with zero attached hydrogens (tertiary/aromatic N) is 1. The first kappa shape index (κ1) is 20.4. The van der Waals surface area contributed by atoms with Crippen LogP contribution in [0.5, 0.6) is 0 Å². The van der Waals surface area contributed by atoms with Crippen LogP contribution >= 0.6 is 0 Å². The second kappa shape index (κ2) is 11.5. The molecule has 0 radical (unpaired) electrons. The summed E-state index contributed by atoms with van der Waals surface area (Å²) in [6, 6.07) is 19.0. The average Bonchev–Trinajstić information content (AvgIpc) is 2.77. The monoisotopic (exact) mass is 381 g/mol. The first-order valence-electron chi connectivity index (χ1n) is 10.1. The Balaban J connectivity index is 1.36. The Bertz CT molecular complexity index is 710. The first-order valence-corrected chi connectivity index (χ1v) is 10.1. The third kappa shape index (κ3) is 6.98. The molecule has 1 heterocycles. The summed E-state index contributed by atoms with van der Waals surface area (Å²) in [5, 5.41) is 6.73. The highest BCUT2D eigenvalue weighted by molar-refractivity contribution is 5.79. The van der Waals surface area contributed by atoms with E-state index in [1.54, 1.807) is 7.05 Å². The normalized spacial score (nSPS) is 15.4. The van der Waals surface area contributed by atoms with E-state index in [-0.39, 0.29) is 0 Å². The van der Waals surface area contributed by atoms with E-state index in [9.17, 15) is 0 Å². The zero-order chi connectivity index (χ0) is 19.4. The second-order valence-electron chi connectivity index (χ2n) is 7.03. The number of hydrogen-bond donors (Lipinski definition) is 2. The Hall–Kier alpha value is -2.37. The molecule has 0 saturated carbocycles. The molecule has 0 bridgehead atoms. The molecule has 1 aliphatic heterocycles. The van der Waals surface area contributed by atoms with Crippen LogP contribution in [0.2, 0.25) is 0 Å². The number of guanidine groups is 1. The highest BCUT2D eigenvalue weighted by Gasteiger charge is 2.13. The smallest absolute Gasteiger partial charge is 0.191 e. The molecule has 1 saturated heterocycles. The van der Waals surface area contributed by atoms with Gasteiger partial charge in [0.05, 0.1) is 12.7 Å². The van der Waals surface area contributed by atoms with Gasteiger partial charge in [-0.2, -0.15) is 0 Å². The van der Waals surface area contributed by atoms with Gasteiger partial charge in [0.1, 0.15) is 0 Å². The summed E-state index contributed by atoms with van der Waals surface area (Å²) in [5.74, 6) is 0.822. The Kier molecular flexibility index (Phi) is 8.34. The average molecular weight is 382 g/mol.